The monoisotopic (exact) mass is 307 g/mol. The summed E-state index contributed by atoms with van der Waals surface area (Å²) in [6.07, 6.45) is 0. The van der Waals surface area contributed by atoms with Gasteiger partial charge in [0.15, 0.2) is 11.5 Å². The molecule has 0 spiro atoms. The van der Waals surface area contributed by atoms with Gasteiger partial charge >= 0.3 is 0 Å². The van der Waals surface area contributed by atoms with Gasteiger partial charge in [-0.25, -0.2) is 0 Å². The summed E-state index contributed by atoms with van der Waals surface area (Å²) in [6, 6.07) is 11.3. The van der Waals surface area contributed by atoms with E-state index in [2.05, 4.69) is 5.32 Å². The summed E-state index contributed by atoms with van der Waals surface area (Å²) in [4.78, 5) is 0. The van der Waals surface area contributed by atoms with E-state index in [-0.39, 0.29) is 0 Å². The molecule has 0 saturated carbocycles. The summed E-state index contributed by atoms with van der Waals surface area (Å²) in [5, 5.41) is 3.96. The number of anilines is 1. The molecule has 0 radical (unpaired) electrons. The minimum absolute atomic E-state index is 0.622. The first-order valence-electron chi connectivity index (χ1n) is 6.46. The lowest BCUT2D eigenvalue weighted by molar-refractivity contribution is 0.354. The topological polar surface area (TPSA) is 39.7 Å². The van der Waals surface area contributed by atoms with Gasteiger partial charge in [0, 0.05) is 11.6 Å². The molecule has 112 valence electrons. The van der Waals surface area contributed by atoms with E-state index in [9.17, 15) is 0 Å². The Morgan fingerprint density at radius 2 is 1.52 bits per heavy atom. The fraction of sp³-hybridized carbons (Fsp3) is 0.250. The van der Waals surface area contributed by atoms with Crippen LogP contribution >= 0.6 is 11.6 Å². The molecule has 2 rings (SSSR count). The molecule has 0 fully saturated rings. The maximum Gasteiger partial charge on any atom is 0.161 e. The van der Waals surface area contributed by atoms with Gasteiger partial charge in [0.05, 0.1) is 27.0 Å². The minimum atomic E-state index is 0.622. The van der Waals surface area contributed by atoms with Crippen LogP contribution in [0.1, 0.15) is 5.56 Å². The average molecular weight is 308 g/mol. The molecule has 0 aliphatic rings. The number of ether oxygens (including phenoxy) is 3. The quantitative estimate of drug-likeness (QED) is 0.876. The molecule has 1 N–H and O–H groups in total. The maximum atomic E-state index is 6.01. The molecular weight excluding hydrogens is 290 g/mol. The van der Waals surface area contributed by atoms with Crippen molar-refractivity contribution >= 4 is 17.3 Å². The van der Waals surface area contributed by atoms with Crippen molar-refractivity contribution in [3.05, 3.63) is 47.0 Å². The van der Waals surface area contributed by atoms with E-state index >= 15 is 0 Å². The predicted octanol–water partition coefficient (Wildman–Crippen LogP) is 3.98. The molecule has 0 amide bonds. The summed E-state index contributed by atoms with van der Waals surface area (Å²) >= 11 is 6.01. The molecule has 2 aromatic carbocycles. The number of hydrogen-bond acceptors (Lipinski definition) is 4. The second-order valence-corrected chi connectivity index (χ2v) is 4.82. The van der Waals surface area contributed by atoms with Crippen molar-refractivity contribution in [1.29, 1.82) is 0 Å². The third-order valence-electron chi connectivity index (χ3n) is 3.09. The zero-order chi connectivity index (χ0) is 15.2. The van der Waals surface area contributed by atoms with Crippen molar-refractivity contribution in [2.24, 2.45) is 0 Å². The molecule has 0 unspecified atom stereocenters. The number of methoxy groups -OCH3 is 3. The van der Waals surface area contributed by atoms with Crippen LogP contribution in [0.2, 0.25) is 5.02 Å². The molecule has 0 bridgehead atoms. The molecule has 0 aliphatic heterocycles. The Hall–Kier alpha value is -2.07. The van der Waals surface area contributed by atoms with Crippen molar-refractivity contribution in [3.63, 3.8) is 0 Å². The Morgan fingerprint density at radius 1 is 0.857 bits per heavy atom. The summed E-state index contributed by atoms with van der Waals surface area (Å²) in [7, 11) is 4.87. The molecule has 5 heteroatoms. The van der Waals surface area contributed by atoms with Gasteiger partial charge in [0.1, 0.15) is 5.75 Å². The van der Waals surface area contributed by atoms with Crippen LogP contribution in [0.3, 0.4) is 0 Å². The third kappa shape index (κ3) is 3.73. The minimum Gasteiger partial charge on any atom is -0.495 e. The standard InChI is InChI=1S/C16H18ClNO3/c1-19-14-7-5-12(17)9-13(14)18-10-11-4-6-15(20-2)16(8-11)21-3/h4-9,18H,10H2,1-3H3. The highest BCUT2D eigenvalue weighted by molar-refractivity contribution is 6.30. The first-order valence-corrected chi connectivity index (χ1v) is 6.84. The Labute approximate surface area is 129 Å². The van der Waals surface area contributed by atoms with E-state index in [0.29, 0.717) is 23.1 Å². The van der Waals surface area contributed by atoms with Crippen LogP contribution in [0, 0.1) is 0 Å². The zero-order valence-corrected chi connectivity index (χ0v) is 13.0. The van der Waals surface area contributed by atoms with E-state index in [1.54, 1.807) is 27.4 Å². The summed E-state index contributed by atoms with van der Waals surface area (Å²) in [6.45, 7) is 0.622. The van der Waals surface area contributed by atoms with Crippen LogP contribution in [0.4, 0.5) is 5.69 Å². The highest BCUT2D eigenvalue weighted by Crippen LogP contribution is 2.30. The largest absolute Gasteiger partial charge is 0.495 e. The van der Waals surface area contributed by atoms with Gasteiger partial charge < -0.3 is 19.5 Å². The van der Waals surface area contributed by atoms with Gasteiger partial charge in [-0.3, -0.25) is 0 Å². The van der Waals surface area contributed by atoms with Gasteiger partial charge in [-0.15, -0.1) is 0 Å². The van der Waals surface area contributed by atoms with Crippen molar-refractivity contribution in [2.75, 3.05) is 26.6 Å². The first kappa shape index (κ1) is 15.3. The SMILES string of the molecule is COc1ccc(Cl)cc1NCc1ccc(OC)c(OC)c1. The fourth-order valence-corrected chi connectivity index (χ4v) is 2.18. The molecule has 0 aliphatic carbocycles. The summed E-state index contributed by atoms with van der Waals surface area (Å²) in [5.74, 6) is 2.16. The lowest BCUT2D eigenvalue weighted by Gasteiger charge is -2.13. The van der Waals surface area contributed by atoms with E-state index in [0.717, 1.165) is 17.0 Å². The second-order valence-electron chi connectivity index (χ2n) is 4.39. The number of rotatable bonds is 6. The lowest BCUT2D eigenvalue weighted by Crippen LogP contribution is -2.02. The van der Waals surface area contributed by atoms with Gasteiger partial charge in [0.25, 0.3) is 0 Å². The van der Waals surface area contributed by atoms with Gasteiger partial charge in [-0.05, 0) is 35.9 Å². The van der Waals surface area contributed by atoms with Crippen molar-refractivity contribution in [2.45, 2.75) is 6.54 Å². The number of benzene rings is 2. The molecule has 0 heterocycles. The van der Waals surface area contributed by atoms with Crippen LogP contribution in [0.15, 0.2) is 36.4 Å². The molecule has 0 atom stereocenters. The Bertz CT molecular complexity index is 616. The molecule has 0 aromatic heterocycles. The Balaban J connectivity index is 2.14. The summed E-state index contributed by atoms with van der Waals surface area (Å²) in [5.41, 5.74) is 1.91. The van der Waals surface area contributed by atoms with Gasteiger partial charge in [-0.1, -0.05) is 17.7 Å². The zero-order valence-electron chi connectivity index (χ0n) is 12.3. The van der Waals surface area contributed by atoms with E-state index in [1.807, 2.05) is 30.3 Å². The fourth-order valence-electron chi connectivity index (χ4n) is 2.01. The van der Waals surface area contributed by atoms with E-state index in [1.165, 1.54) is 0 Å². The number of nitrogens with one attached hydrogen (secondary N) is 1. The van der Waals surface area contributed by atoms with E-state index < -0.39 is 0 Å². The van der Waals surface area contributed by atoms with Gasteiger partial charge in [0.2, 0.25) is 0 Å². The lowest BCUT2D eigenvalue weighted by atomic mass is 10.2. The molecule has 21 heavy (non-hydrogen) atoms. The third-order valence-corrected chi connectivity index (χ3v) is 3.33. The second kappa shape index (κ2) is 7.09. The van der Waals surface area contributed by atoms with Gasteiger partial charge in [-0.2, -0.15) is 0 Å². The van der Waals surface area contributed by atoms with Crippen LogP contribution in [0.5, 0.6) is 17.2 Å². The Kier molecular flexibility index (Phi) is 5.17. The van der Waals surface area contributed by atoms with E-state index in [4.69, 9.17) is 25.8 Å². The average Bonchev–Trinajstić information content (AvgIpc) is 2.52. The Morgan fingerprint density at radius 3 is 2.19 bits per heavy atom. The molecule has 2 aromatic rings. The van der Waals surface area contributed by atoms with Crippen LogP contribution in [0.25, 0.3) is 0 Å². The highest BCUT2D eigenvalue weighted by Gasteiger charge is 2.06. The smallest absolute Gasteiger partial charge is 0.161 e. The van der Waals surface area contributed by atoms with Crippen LogP contribution in [-0.4, -0.2) is 21.3 Å². The van der Waals surface area contributed by atoms with Crippen LogP contribution < -0.4 is 19.5 Å². The predicted molar refractivity (Wildman–Crippen MR) is 84.9 cm³/mol. The first-order chi connectivity index (χ1) is 10.2. The highest BCUT2D eigenvalue weighted by atomic mass is 35.5. The van der Waals surface area contributed by atoms with Crippen molar-refractivity contribution in [1.82, 2.24) is 0 Å². The number of hydrogen-bond donors (Lipinski definition) is 1. The molecule has 4 nitrogen and oxygen atoms in total. The molecular formula is C16H18ClNO3. The molecule has 0 saturated heterocycles. The summed E-state index contributed by atoms with van der Waals surface area (Å²) < 4.78 is 15.8. The van der Waals surface area contributed by atoms with Crippen LogP contribution in [-0.2, 0) is 6.54 Å². The number of halogens is 1. The van der Waals surface area contributed by atoms with Crippen molar-refractivity contribution < 1.29 is 14.2 Å². The normalized spacial score (nSPS) is 10.1. The maximum absolute atomic E-state index is 6.01. The van der Waals surface area contributed by atoms with Crippen molar-refractivity contribution in [3.8, 4) is 17.2 Å².